The molecule has 0 aromatic heterocycles. The highest BCUT2D eigenvalue weighted by atomic mass is 15.3. The minimum atomic E-state index is 0.831. The Labute approximate surface area is 110 Å². The summed E-state index contributed by atoms with van der Waals surface area (Å²) in [5, 5.41) is 3.51. The standard InChI is InChI=1S/C14H25N4/c1-18(2)11-8-16-7-9-17(10-12-18)14-5-3-13(15)4-6-14/h3-6,16H,7-12,15H2,1-2H3/q+1. The molecule has 0 spiro atoms. The highest BCUT2D eigenvalue weighted by Gasteiger charge is 2.18. The van der Waals surface area contributed by atoms with E-state index in [-0.39, 0.29) is 0 Å². The van der Waals surface area contributed by atoms with Gasteiger partial charge in [0.15, 0.2) is 0 Å². The number of rotatable bonds is 1. The first kappa shape index (κ1) is 13.2. The first-order chi connectivity index (χ1) is 8.57. The monoisotopic (exact) mass is 249 g/mol. The van der Waals surface area contributed by atoms with Crippen LogP contribution < -0.4 is 16.0 Å². The molecule has 2 rings (SSSR count). The fourth-order valence-corrected chi connectivity index (χ4v) is 2.28. The van der Waals surface area contributed by atoms with Gasteiger partial charge in [-0.25, -0.2) is 0 Å². The Kier molecular flexibility index (Phi) is 4.09. The van der Waals surface area contributed by atoms with E-state index in [0.29, 0.717) is 0 Å². The predicted octanol–water partition coefficient (Wildman–Crippen LogP) is 0.755. The Balaban J connectivity index is 2.08. The number of nitrogen functional groups attached to an aromatic ring is 1. The Hall–Kier alpha value is -1.26. The topological polar surface area (TPSA) is 41.3 Å². The summed E-state index contributed by atoms with van der Waals surface area (Å²) in [5.74, 6) is 0. The summed E-state index contributed by atoms with van der Waals surface area (Å²) in [6.07, 6.45) is 0. The van der Waals surface area contributed by atoms with Crippen molar-refractivity contribution in [1.82, 2.24) is 5.32 Å². The van der Waals surface area contributed by atoms with Crippen molar-refractivity contribution < 1.29 is 4.48 Å². The number of anilines is 2. The third-order valence-electron chi connectivity index (χ3n) is 3.69. The molecular formula is C14H25N4+. The fraction of sp³-hybridized carbons (Fsp3) is 0.571. The normalized spacial score (nSPS) is 20.9. The van der Waals surface area contributed by atoms with Gasteiger partial charge in [0.2, 0.25) is 0 Å². The van der Waals surface area contributed by atoms with E-state index in [1.54, 1.807) is 0 Å². The van der Waals surface area contributed by atoms with E-state index in [1.165, 1.54) is 18.8 Å². The van der Waals surface area contributed by atoms with Gasteiger partial charge < -0.3 is 20.4 Å². The van der Waals surface area contributed by atoms with Crippen LogP contribution in [0.5, 0.6) is 0 Å². The van der Waals surface area contributed by atoms with Crippen molar-refractivity contribution in [1.29, 1.82) is 0 Å². The Morgan fingerprint density at radius 2 is 1.78 bits per heavy atom. The minimum Gasteiger partial charge on any atom is -0.399 e. The third-order valence-corrected chi connectivity index (χ3v) is 3.69. The van der Waals surface area contributed by atoms with Gasteiger partial charge >= 0.3 is 0 Å². The van der Waals surface area contributed by atoms with Crippen molar-refractivity contribution in [2.45, 2.75) is 0 Å². The molecule has 4 nitrogen and oxygen atoms in total. The van der Waals surface area contributed by atoms with Crippen LogP contribution in [0.4, 0.5) is 11.4 Å². The molecule has 0 unspecified atom stereocenters. The molecule has 3 N–H and O–H groups in total. The third kappa shape index (κ3) is 3.62. The highest BCUT2D eigenvalue weighted by Crippen LogP contribution is 2.16. The van der Waals surface area contributed by atoms with Crippen LogP contribution in [0.25, 0.3) is 0 Å². The fourth-order valence-electron chi connectivity index (χ4n) is 2.28. The van der Waals surface area contributed by atoms with Crippen molar-refractivity contribution in [3.8, 4) is 0 Å². The zero-order valence-corrected chi connectivity index (χ0v) is 11.5. The van der Waals surface area contributed by atoms with E-state index in [4.69, 9.17) is 5.73 Å². The minimum absolute atomic E-state index is 0.831. The van der Waals surface area contributed by atoms with Crippen LogP contribution in [0.3, 0.4) is 0 Å². The van der Waals surface area contributed by atoms with Crippen molar-refractivity contribution in [3.63, 3.8) is 0 Å². The largest absolute Gasteiger partial charge is 0.399 e. The van der Waals surface area contributed by atoms with E-state index in [9.17, 15) is 0 Å². The molecule has 1 aliphatic rings. The maximum atomic E-state index is 5.75. The molecule has 1 heterocycles. The van der Waals surface area contributed by atoms with Gasteiger partial charge in [0, 0.05) is 31.0 Å². The van der Waals surface area contributed by atoms with Crippen LogP contribution in [0.1, 0.15) is 0 Å². The summed E-state index contributed by atoms with van der Waals surface area (Å²) in [7, 11) is 4.60. The summed E-state index contributed by atoms with van der Waals surface area (Å²) in [6, 6.07) is 8.20. The Morgan fingerprint density at radius 1 is 1.06 bits per heavy atom. The van der Waals surface area contributed by atoms with Crippen LogP contribution in [0.15, 0.2) is 24.3 Å². The van der Waals surface area contributed by atoms with Gasteiger partial charge in [-0.05, 0) is 24.3 Å². The molecule has 0 bridgehead atoms. The van der Waals surface area contributed by atoms with Gasteiger partial charge in [-0.3, -0.25) is 0 Å². The first-order valence-electron chi connectivity index (χ1n) is 6.70. The van der Waals surface area contributed by atoms with E-state index >= 15 is 0 Å². The maximum Gasteiger partial charge on any atom is 0.0960 e. The zero-order chi connectivity index (χ0) is 13.0. The van der Waals surface area contributed by atoms with Gasteiger partial charge in [0.1, 0.15) is 0 Å². The number of nitrogens with zero attached hydrogens (tertiary/aromatic N) is 2. The average molecular weight is 249 g/mol. The molecule has 0 aliphatic carbocycles. The molecule has 100 valence electrons. The lowest BCUT2D eigenvalue weighted by Crippen LogP contribution is -2.47. The number of nitrogens with one attached hydrogen (secondary N) is 1. The molecule has 0 radical (unpaired) electrons. The van der Waals surface area contributed by atoms with Gasteiger partial charge in [-0.1, -0.05) is 0 Å². The second kappa shape index (κ2) is 5.59. The number of benzene rings is 1. The van der Waals surface area contributed by atoms with Crippen LogP contribution in [-0.4, -0.2) is 57.8 Å². The van der Waals surface area contributed by atoms with Crippen LogP contribution >= 0.6 is 0 Å². The maximum absolute atomic E-state index is 5.75. The van der Waals surface area contributed by atoms with Crippen molar-refractivity contribution in [3.05, 3.63) is 24.3 Å². The van der Waals surface area contributed by atoms with E-state index < -0.39 is 0 Å². The van der Waals surface area contributed by atoms with Gasteiger partial charge in [0.05, 0.1) is 33.7 Å². The van der Waals surface area contributed by atoms with Crippen molar-refractivity contribution in [2.24, 2.45) is 0 Å². The average Bonchev–Trinajstić information content (AvgIpc) is 2.41. The van der Waals surface area contributed by atoms with Gasteiger partial charge in [-0.2, -0.15) is 0 Å². The second-order valence-corrected chi connectivity index (χ2v) is 5.71. The first-order valence-corrected chi connectivity index (χ1v) is 6.70. The zero-order valence-electron chi connectivity index (χ0n) is 11.5. The predicted molar refractivity (Wildman–Crippen MR) is 77.8 cm³/mol. The Morgan fingerprint density at radius 3 is 2.50 bits per heavy atom. The molecule has 0 amide bonds. The van der Waals surface area contributed by atoms with Crippen molar-refractivity contribution in [2.75, 3.05) is 64.0 Å². The smallest absolute Gasteiger partial charge is 0.0960 e. The number of likely N-dealkylation sites (N-methyl/N-ethyl adjacent to an activating group) is 1. The molecule has 1 saturated heterocycles. The lowest BCUT2D eigenvalue weighted by Gasteiger charge is -2.32. The van der Waals surface area contributed by atoms with Gasteiger partial charge in [0.25, 0.3) is 0 Å². The molecule has 4 heteroatoms. The van der Waals surface area contributed by atoms with Crippen LogP contribution in [0.2, 0.25) is 0 Å². The summed E-state index contributed by atoms with van der Waals surface area (Å²) in [6.45, 7) is 6.66. The molecular weight excluding hydrogens is 224 g/mol. The van der Waals surface area contributed by atoms with Crippen LogP contribution in [-0.2, 0) is 0 Å². The van der Waals surface area contributed by atoms with Gasteiger partial charge in [-0.15, -0.1) is 0 Å². The number of hydrogen-bond acceptors (Lipinski definition) is 3. The molecule has 18 heavy (non-hydrogen) atoms. The molecule has 0 saturated carbocycles. The quantitative estimate of drug-likeness (QED) is 0.570. The summed E-state index contributed by atoms with van der Waals surface area (Å²) in [5.41, 5.74) is 7.85. The number of quaternary nitrogens is 1. The SMILES string of the molecule is C[N+]1(C)CCNCCN(c2ccc(N)cc2)CC1. The lowest BCUT2D eigenvalue weighted by molar-refractivity contribution is -0.887. The molecule has 1 fully saturated rings. The molecule has 1 aromatic rings. The number of nitrogens with two attached hydrogens (primary N) is 1. The van der Waals surface area contributed by atoms with E-state index in [2.05, 4.69) is 36.4 Å². The summed E-state index contributed by atoms with van der Waals surface area (Å²) in [4.78, 5) is 2.44. The van der Waals surface area contributed by atoms with E-state index in [0.717, 1.165) is 36.3 Å². The molecule has 1 aliphatic heterocycles. The Bertz CT molecular complexity index is 372. The van der Waals surface area contributed by atoms with E-state index in [1.807, 2.05) is 12.1 Å². The lowest BCUT2D eigenvalue weighted by atomic mass is 10.2. The number of hydrogen-bond donors (Lipinski definition) is 2. The highest BCUT2D eigenvalue weighted by molar-refractivity contribution is 5.53. The van der Waals surface area contributed by atoms with Crippen molar-refractivity contribution >= 4 is 11.4 Å². The second-order valence-electron chi connectivity index (χ2n) is 5.71. The molecule has 0 atom stereocenters. The molecule has 1 aromatic carbocycles. The summed E-state index contributed by atoms with van der Waals surface area (Å²) < 4.78 is 1.07. The summed E-state index contributed by atoms with van der Waals surface area (Å²) >= 11 is 0. The van der Waals surface area contributed by atoms with Crippen LogP contribution in [0, 0.1) is 0 Å².